The highest BCUT2D eigenvalue weighted by molar-refractivity contribution is 5.68. The highest BCUT2D eigenvalue weighted by Crippen LogP contribution is 2.35. The van der Waals surface area contributed by atoms with Crippen LogP contribution in [-0.2, 0) is 54.2 Å². The molecule has 1 aliphatic rings. The molecule has 2 aromatic carbocycles. The van der Waals surface area contributed by atoms with Crippen molar-refractivity contribution in [1.29, 1.82) is 0 Å². The molecule has 0 spiro atoms. The second kappa shape index (κ2) is 14.5. The second-order valence-corrected chi connectivity index (χ2v) is 9.79. The van der Waals surface area contributed by atoms with E-state index in [-0.39, 0.29) is 13.2 Å². The molecule has 5 atom stereocenters. The Labute approximate surface area is 248 Å². The van der Waals surface area contributed by atoms with Crippen LogP contribution in [0, 0.1) is 0 Å². The van der Waals surface area contributed by atoms with Crippen molar-refractivity contribution in [3.05, 3.63) is 83.7 Å². The summed E-state index contributed by atoms with van der Waals surface area (Å²) in [7, 11) is 0. The quantitative estimate of drug-likeness (QED) is 0.236. The smallest absolute Gasteiger partial charge is 0.303 e. The molecule has 0 bridgehead atoms. The average molecular weight is 596 g/mol. The van der Waals surface area contributed by atoms with Gasteiger partial charge in [-0.3, -0.25) is 19.2 Å². The maximum atomic E-state index is 12.1. The Balaban J connectivity index is 1.63. The summed E-state index contributed by atoms with van der Waals surface area (Å²) in [4.78, 5) is 47.8. The summed E-state index contributed by atoms with van der Waals surface area (Å²) in [5.41, 5.74) is 2.31. The summed E-state index contributed by atoms with van der Waals surface area (Å²) >= 11 is 0. The zero-order valence-corrected chi connectivity index (χ0v) is 24.2. The van der Waals surface area contributed by atoms with E-state index in [4.69, 9.17) is 28.4 Å². The van der Waals surface area contributed by atoms with Crippen molar-refractivity contribution >= 4 is 23.9 Å². The molecule has 4 rings (SSSR count). The highest BCUT2D eigenvalue weighted by Gasteiger charge is 2.53. The first kappa shape index (κ1) is 31.3. The Morgan fingerprint density at radius 2 is 1.30 bits per heavy atom. The Hall–Kier alpha value is -4.62. The van der Waals surface area contributed by atoms with Gasteiger partial charge in [0.15, 0.2) is 24.5 Å². The van der Waals surface area contributed by atoms with Crippen LogP contribution in [0.3, 0.4) is 0 Å². The number of carbonyl (C=O) groups excluding carboxylic acids is 4. The Morgan fingerprint density at radius 3 is 1.84 bits per heavy atom. The molecule has 0 amide bonds. The predicted octanol–water partition coefficient (Wildman–Crippen LogP) is 2.84. The van der Waals surface area contributed by atoms with Gasteiger partial charge in [0.1, 0.15) is 24.5 Å². The fourth-order valence-electron chi connectivity index (χ4n) is 4.73. The van der Waals surface area contributed by atoms with Crippen molar-refractivity contribution in [2.75, 3.05) is 6.61 Å². The molecule has 1 aromatic heterocycles. The van der Waals surface area contributed by atoms with E-state index in [2.05, 4.69) is 10.3 Å². The third-order valence-corrected chi connectivity index (χ3v) is 6.39. The molecular formula is C30H33N3O10. The van der Waals surface area contributed by atoms with Crippen LogP contribution >= 0.6 is 0 Å². The topological polar surface area (TPSA) is 154 Å². The molecule has 43 heavy (non-hydrogen) atoms. The number of hydrogen-bond acceptors (Lipinski definition) is 12. The average Bonchev–Trinajstić information content (AvgIpc) is 3.43. The lowest BCUT2D eigenvalue weighted by atomic mass is 9.97. The van der Waals surface area contributed by atoms with Crippen molar-refractivity contribution in [3.8, 4) is 0 Å². The first-order valence-corrected chi connectivity index (χ1v) is 13.5. The molecule has 228 valence electrons. The minimum Gasteiger partial charge on any atom is -0.463 e. The number of esters is 4. The molecule has 13 nitrogen and oxygen atoms in total. The van der Waals surface area contributed by atoms with Crippen molar-refractivity contribution in [2.45, 2.75) is 71.0 Å². The van der Waals surface area contributed by atoms with Crippen LogP contribution in [0.1, 0.15) is 56.8 Å². The van der Waals surface area contributed by atoms with E-state index >= 15 is 0 Å². The number of aromatic nitrogens is 3. The lowest BCUT2D eigenvalue weighted by Crippen LogP contribution is -2.60. The van der Waals surface area contributed by atoms with Crippen LogP contribution in [0.15, 0.2) is 66.9 Å². The van der Waals surface area contributed by atoms with Crippen LogP contribution in [-0.4, -0.2) is 69.9 Å². The van der Waals surface area contributed by atoms with Gasteiger partial charge in [-0.05, 0) is 11.1 Å². The molecule has 0 N–H and O–H groups in total. The molecule has 0 saturated carbocycles. The van der Waals surface area contributed by atoms with Gasteiger partial charge in [0.05, 0.1) is 12.8 Å². The standard InChI is InChI=1S/C30H33N3O10/c1-18(34)38-17-25-27(40-19(2)35)28(41-20(3)36)29(42-21(4)37)30(43-25)33-15-24(31-32-33)16-39-26(22-11-7-5-8-12-22)23-13-9-6-10-14-23/h5-15,25-30H,16-17H2,1-4H3/t25-,27-,28+,29-,30-/m1/s1. The minimum atomic E-state index is -1.32. The zero-order chi connectivity index (χ0) is 30.9. The van der Waals surface area contributed by atoms with Gasteiger partial charge in [-0.15, -0.1) is 5.10 Å². The molecule has 0 aliphatic carbocycles. The summed E-state index contributed by atoms with van der Waals surface area (Å²) in [5, 5.41) is 8.37. The maximum Gasteiger partial charge on any atom is 0.303 e. The first-order chi connectivity index (χ1) is 20.6. The molecule has 0 unspecified atom stereocenters. The highest BCUT2D eigenvalue weighted by atomic mass is 16.7. The summed E-state index contributed by atoms with van der Waals surface area (Å²) in [5.74, 6) is -2.77. The number of ether oxygens (including phenoxy) is 6. The molecule has 1 aliphatic heterocycles. The first-order valence-electron chi connectivity index (χ1n) is 13.5. The van der Waals surface area contributed by atoms with E-state index in [0.29, 0.717) is 5.69 Å². The second-order valence-electron chi connectivity index (χ2n) is 9.79. The normalized spacial score (nSPS) is 21.6. The summed E-state index contributed by atoms with van der Waals surface area (Å²) < 4.78 is 35.3. The van der Waals surface area contributed by atoms with Crippen LogP contribution in [0.25, 0.3) is 0 Å². The minimum absolute atomic E-state index is 0.0553. The Morgan fingerprint density at radius 1 is 0.767 bits per heavy atom. The zero-order valence-electron chi connectivity index (χ0n) is 24.2. The van der Waals surface area contributed by atoms with E-state index in [9.17, 15) is 19.2 Å². The number of carbonyl (C=O) groups is 4. The predicted molar refractivity (Wildman–Crippen MR) is 147 cm³/mol. The van der Waals surface area contributed by atoms with E-state index in [1.54, 1.807) is 0 Å². The molecule has 0 radical (unpaired) electrons. The molecule has 13 heteroatoms. The summed E-state index contributed by atoms with van der Waals surface area (Å²) in [6.07, 6.45) is -5.08. The number of nitrogens with zero attached hydrogens (tertiary/aromatic N) is 3. The van der Waals surface area contributed by atoms with Gasteiger partial charge in [0.2, 0.25) is 0 Å². The molecular weight excluding hydrogens is 562 g/mol. The van der Waals surface area contributed by atoms with Crippen LogP contribution in [0.5, 0.6) is 0 Å². The number of benzene rings is 2. The van der Waals surface area contributed by atoms with Crippen molar-refractivity contribution in [3.63, 3.8) is 0 Å². The number of rotatable bonds is 11. The van der Waals surface area contributed by atoms with Crippen molar-refractivity contribution < 1.29 is 47.6 Å². The van der Waals surface area contributed by atoms with E-state index in [1.807, 2.05) is 60.7 Å². The van der Waals surface area contributed by atoms with Crippen LogP contribution in [0.2, 0.25) is 0 Å². The Bertz CT molecular complexity index is 1360. The van der Waals surface area contributed by atoms with Crippen molar-refractivity contribution in [2.24, 2.45) is 0 Å². The van der Waals surface area contributed by atoms with E-state index in [0.717, 1.165) is 25.0 Å². The maximum absolute atomic E-state index is 12.1. The molecule has 1 fully saturated rings. The van der Waals surface area contributed by atoms with Gasteiger partial charge in [-0.2, -0.15) is 0 Å². The van der Waals surface area contributed by atoms with Gasteiger partial charge in [-0.25, -0.2) is 4.68 Å². The molecule has 2 heterocycles. The fraction of sp³-hybridized carbons (Fsp3) is 0.400. The van der Waals surface area contributed by atoms with Gasteiger partial charge >= 0.3 is 23.9 Å². The largest absolute Gasteiger partial charge is 0.463 e. The third kappa shape index (κ3) is 8.46. The van der Waals surface area contributed by atoms with Gasteiger partial charge in [0.25, 0.3) is 0 Å². The van der Waals surface area contributed by atoms with Crippen molar-refractivity contribution in [1.82, 2.24) is 15.0 Å². The van der Waals surface area contributed by atoms with Crippen LogP contribution < -0.4 is 0 Å². The van der Waals surface area contributed by atoms with Crippen LogP contribution in [0.4, 0.5) is 0 Å². The number of hydrogen-bond donors (Lipinski definition) is 0. The van der Waals surface area contributed by atoms with Gasteiger partial charge < -0.3 is 28.4 Å². The summed E-state index contributed by atoms with van der Waals surface area (Å²) in [6, 6.07) is 19.4. The van der Waals surface area contributed by atoms with Gasteiger partial charge in [0, 0.05) is 27.7 Å². The lowest BCUT2D eigenvalue weighted by Gasteiger charge is -2.44. The van der Waals surface area contributed by atoms with E-state index in [1.165, 1.54) is 24.7 Å². The fourth-order valence-corrected chi connectivity index (χ4v) is 4.73. The Kier molecular flexibility index (Phi) is 10.6. The van der Waals surface area contributed by atoms with Gasteiger partial charge in [-0.1, -0.05) is 65.9 Å². The molecule has 3 aromatic rings. The summed E-state index contributed by atoms with van der Waals surface area (Å²) in [6.45, 7) is 4.38. The third-order valence-electron chi connectivity index (χ3n) is 6.39. The monoisotopic (exact) mass is 595 g/mol. The SMILES string of the molecule is CC(=O)OC[C@H]1O[C@@H](n2cc(COC(c3ccccc3)c3ccccc3)nn2)[C@H](OC(C)=O)[C@@H](OC(C)=O)[C@@H]1OC(C)=O. The van der Waals surface area contributed by atoms with E-state index < -0.39 is 60.6 Å². The lowest BCUT2D eigenvalue weighted by molar-refractivity contribution is -0.270. The molecule has 1 saturated heterocycles.